The van der Waals surface area contributed by atoms with E-state index in [0.29, 0.717) is 0 Å². The number of rotatable bonds is 4. The summed E-state index contributed by atoms with van der Waals surface area (Å²) in [6, 6.07) is 3.67. The highest BCUT2D eigenvalue weighted by atomic mass is 19.1. The van der Waals surface area contributed by atoms with Crippen molar-refractivity contribution in [1.29, 1.82) is 0 Å². The number of hydrogen-bond acceptors (Lipinski definition) is 4. The summed E-state index contributed by atoms with van der Waals surface area (Å²) in [5, 5.41) is 11.6. The lowest BCUT2D eigenvalue weighted by Gasteiger charge is -2.14. The minimum absolute atomic E-state index is 0.177. The molecule has 0 saturated heterocycles. The predicted molar refractivity (Wildman–Crippen MR) is 59.7 cm³/mol. The Bertz CT molecular complexity index is 460. The fraction of sp³-hybridized carbons (Fsp3) is 0.273. The molecule has 1 aromatic rings. The molecule has 17 heavy (non-hydrogen) atoms. The molecular weight excluding hydrogens is 227 g/mol. The molecule has 1 amide bonds. The number of ether oxygens (including phenoxy) is 1. The molecule has 92 valence electrons. The molecule has 0 heterocycles. The first-order valence-electron chi connectivity index (χ1n) is 4.90. The number of nitrogens with two attached hydrogens (primary N) is 1. The summed E-state index contributed by atoms with van der Waals surface area (Å²) in [5.41, 5.74) is 5.50. The number of primary amides is 1. The molecule has 0 bridgehead atoms. The smallest absolute Gasteiger partial charge is 0.258 e. The van der Waals surface area contributed by atoms with E-state index in [1.54, 1.807) is 0 Å². The molecule has 0 spiro atoms. The van der Waals surface area contributed by atoms with Crippen molar-refractivity contribution in [3.8, 4) is 5.75 Å². The van der Waals surface area contributed by atoms with Crippen molar-refractivity contribution in [2.24, 2.45) is 10.9 Å². The third kappa shape index (κ3) is 3.17. The Morgan fingerprint density at radius 1 is 1.59 bits per heavy atom. The van der Waals surface area contributed by atoms with Gasteiger partial charge >= 0.3 is 0 Å². The van der Waals surface area contributed by atoms with Crippen LogP contribution >= 0.6 is 0 Å². The fourth-order valence-corrected chi connectivity index (χ4v) is 1.19. The molecule has 0 radical (unpaired) electrons. The van der Waals surface area contributed by atoms with E-state index in [0.717, 1.165) is 6.07 Å². The van der Waals surface area contributed by atoms with E-state index in [1.165, 1.54) is 26.0 Å². The Balaban J connectivity index is 3.11. The molecule has 1 aromatic carbocycles. The van der Waals surface area contributed by atoms with Gasteiger partial charge in [-0.25, -0.2) is 4.39 Å². The van der Waals surface area contributed by atoms with Gasteiger partial charge in [0.25, 0.3) is 5.91 Å². The highest BCUT2D eigenvalue weighted by Gasteiger charge is 2.15. The lowest BCUT2D eigenvalue weighted by Crippen LogP contribution is -2.31. The second-order valence-corrected chi connectivity index (χ2v) is 3.49. The molecule has 1 unspecified atom stereocenters. The summed E-state index contributed by atoms with van der Waals surface area (Å²) in [7, 11) is 0. The molecule has 1 rings (SSSR count). The van der Waals surface area contributed by atoms with Gasteiger partial charge in [0.15, 0.2) is 6.10 Å². The van der Waals surface area contributed by atoms with E-state index >= 15 is 0 Å². The van der Waals surface area contributed by atoms with Crippen molar-refractivity contribution in [2.45, 2.75) is 20.0 Å². The van der Waals surface area contributed by atoms with Gasteiger partial charge in [0, 0.05) is 5.56 Å². The fourth-order valence-electron chi connectivity index (χ4n) is 1.19. The van der Waals surface area contributed by atoms with E-state index in [2.05, 4.69) is 5.16 Å². The standard InChI is InChI=1S/C11H13FN2O3/c1-6(14-16)9-5-8(12)3-4-10(9)17-7(2)11(13)15/h3-5,7,16H,1-2H3,(H2,13,15). The number of halogens is 1. The van der Waals surface area contributed by atoms with Gasteiger partial charge < -0.3 is 15.7 Å². The monoisotopic (exact) mass is 240 g/mol. The predicted octanol–water partition coefficient (Wildman–Crippen LogP) is 1.28. The maximum Gasteiger partial charge on any atom is 0.258 e. The van der Waals surface area contributed by atoms with Crippen LogP contribution in [0.1, 0.15) is 19.4 Å². The van der Waals surface area contributed by atoms with Crippen LogP contribution < -0.4 is 10.5 Å². The number of hydrogen-bond donors (Lipinski definition) is 2. The summed E-state index contributed by atoms with van der Waals surface area (Å²) in [5.74, 6) is -0.908. The van der Waals surface area contributed by atoms with E-state index in [4.69, 9.17) is 15.7 Å². The van der Waals surface area contributed by atoms with Crippen molar-refractivity contribution in [2.75, 3.05) is 0 Å². The molecule has 0 aliphatic carbocycles. The van der Waals surface area contributed by atoms with Gasteiger partial charge in [-0.3, -0.25) is 4.79 Å². The third-order valence-electron chi connectivity index (χ3n) is 2.19. The van der Waals surface area contributed by atoms with Gasteiger partial charge in [-0.05, 0) is 32.0 Å². The van der Waals surface area contributed by atoms with Crippen molar-refractivity contribution in [3.63, 3.8) is 0 Å². The van der Waals surface area contributed by atoms with Gasteiger partial charge in [-0.2, -0.15) is 0 Å². The third-order valence-corrected chi connectivity index (χ3v) is 2.19. The zero-order valence-corrected chi connectivity index (χ0v) is 9.48. The first-order chi connectivity index (χ1) is 7.95. The lowest BCUT2D eigenvalue weighted by molar-refractivity contribution is -0.123. The summed E-state index contributed by atoms with van der Waals surface area (Å²) >= 11 is 0. The molecule has 5 nitrogen and oxygen atoms in total. The Kier molecular flexibility index (Phi) is 4.03. The van der Waals surface area contributed by atoms with E-state index in [-0.39, 0.29) is 17.0 Å². The van der Waals surface area contributed by atoms with Gasteiger partial charge in [-0.1, -0.05) is 5.16 Å². The van der Waals surface area contributed by atoms with E-state index in [9.17, 15) is 9.18 Å². The Hall–Kier alpha value is -2.11. The van der Waals surface area contributed by atoms with Crippen LogP contribution in [0.25, 0.3) is 0 Å². The van der Waals surface area contributed by atoms with Gasteiger partial charge in [0.2, 0.25) is 0 Å². The maximum absolute atomic E-state index is 13.1. The average Bonchev–Trinajstić information content (AvgIpc) is 2.30. The SMILES string of the molecule is CC(=NO)c1cc(F)ccc1OC(C)C(N)=O. The zero-order valence-electron chi connectivity index (χ0n) is 9.48. The minimum Gasteiger partial charge on any atom is -0.480 e. The number of nitrogens with zero attached hydrogens (tertiary/aromatic N) is 1. The molecule has 3 N–H and O–H groups in total. The van der Waals surface area contributed by atoms with Gasteiger partial charge in [-0.15, -0.1) is 0 Å². The summed E-state index contributed by atoms with van der Waals surface area (Å²) < 4.78 is 18.3. The molecule has 6 heteroatoms. The van der Waals surface area contributed by atoms with E-state index in [1.807, 2.05) is 0 Å². The lowest BCUT2D eigenvalue weighted by atomic mass is 10.1. The number of amides is 1. The maximum atomic E-state index is 13.1. The Labute approximate surface area is 97.7 Å². The largest absolute Gasteiger partial charge is 0.480 e. The molecule has 1 atom stereocenters. The second kappa shape index (κ2) is 5.29. The van der Waals surface area contributed by atoms with Crippen LogP contribution in [0.3, 0.4) is 0 Å². The van der Waals surface area contributed by atoms with Crippen LogP contribution in [0.2, 0.25) is 0 Å². The van der Waals surface area contributed by atoms with Gasteiger partial charge in [0.1, 0.15) is 11.6 Å². The number of oxime groups is 1. The average molecular weight is 240 g/mol. The second-order valence-electron chi connectivity index (χ2n) is 3.49. The van der Waals surface area contributed by atoms with Crippen LogP contribution in [0.15, 0.2) is 23.4 Å². The van der Waals surface area contributed by atoms with Crippen molar-refractivity contribution < 1.29 is 19.1 Å². The highest BCUT2D eigenvalue weighted by molar-refractivity contribution is 6.00. The van der Waals surface area contributed by atoms with Gasteiger partial charge in [0.05, 0.1) is 5.71 Å². The van der Waals surface area contributed by atoms with Crippen LogP contribution in [0.5, 0.6) is 5.75 Å². The van der Waals surface area contributed by atoms with Crippen LogP contribution in [0.4, 0.5) is 4.39 Å². The normalized spacial score (nSPS) is 13.2. The topological polar surface area (TPSA) is 84.9 Å². The Morgan fingerprint density at radius 2 is 2.24 bits per heavy atom. The molecule has 0 saturated carbocycles. The first-order valence-corrected chi connectivity index (χ1v) is 4.90. The molecular formula is C11H13FN2O3. The summed E-state index contributed by atoms with van der Waals surface area (Å²) in [6.07, 6.45) is -0.856. The number of carbonyl (C=O) groups excluding carboxylic acids is 1. The summed E-state index contributed by atoms with van der Waals surface area (Å²) in [6.45, 7) is 2.96. The molecule has 0 aliphatic heterocycles. The molecule has 0 aliphatic rings. The van der Waals surface area contributed by atoms with Crippen LogP contribution in [0, 0.1) is 5.82 Å². The van der Waals surface area contributed by atoms with Crippen molar-refractivity contribution >= 4 is 11.6 Å². The van der Waals surface area contributed by atoms with Crippen LogP contribution in [-0.4, -0.2) is 22.9 Å². The minimum atomic E-state index is -0.856. The first kappa shape index (κ1) is 13.0. The molecule has 0 fully saturated rings. The van der Waals surface area contributed by atoms with Crippen molar-refractivity contribution in [3.05, 3.63) is 29.6 Å². The highest BCUT2D eigenvalue weighted by Crippen LogP contribution is 2.21. The summed E-state index contributed by atoms with van der Waals surface area (Å²) in [4.78, 5) is 10.9. The van der Waals surface area contributed by atoms with Crippen molar-refractivity contribution in [1.82, 2.24) is 0 Å². The zero-order chi connectivity index (χ0) is 13.0. The number of carbonyl (C=O) groups is 1. The Morgan fingerprint density at radius 3 is 2.76 bits per heavy atom. The van der Waals surface area contributed by atoms with E-state index < -0.39 is 17.8 Å². The molecule has 0 aromatic heterocycles. The van der Waals surface area contributed by atoms with Crippen LogP contribution in [-0.2, 0) is 4.79 Å². The number of benzene rings is 1. The quantitative estimate of drug-likeness (QED) is 0.472.